The lowest BCUT2D eigenvalue weighted by atomic mass is 10.2. The molecule has 1 aliphatic rings. The number of rotatable bonds is 6. The first kappa shape index (κ1) is 20.7. The van der Waals surface area contributed by atoms with E-state index in [1.807, 2.05) is 17.5 Å². The van der Waals surface area contributed by atoms with Crippen LogP contribution < -0.4 is 0 Å². The van der Waals surface area contributed by atoms with Crippen molar-refractivity contribution in [3.63, 3.8) is 0 Å². The molecule has 0 N–H and O–H groups in total. The van der Waals surface area contributed by atoms with Gasteiger partial charge in [0.2, 0.25) is 15.8 Å². The van der Waals surface area contributed by atoms with Crippen LogP contribution >= 0.6 is 11.3 Å². The van der Waals surface area contributed by atoms with Crippen molar-refractivity contribution < 1.29 is 22.5 Å². The Morgan fingerprint density at radius 2 is 1.93 bits per heavy atom. The molecule has 3 heterocycles. The molecule has 0 amide bonds. The van der Waals surface area contributed by atoms with Crippen LogP contribution in [0.1, 0.15) is 41.9 Å². The molecule has 0 unspecified atom stereocenters. The molecule has 158 valence electrons. The molecule has 4 rings (SSSR count). The summed E-state index contributed by atoms with van der Waals surface area (Å²) in [5, 5.41) is 5.76. The number of aromatic nitrogens is 2. The summed E-state index contributed by atoms with van der Waals surface area (Å²) in [6.45, 7) is 0.807. The molecule has 0 saturated carbocycles. The third-order valence-corrected chi connectivity index (χ3v) is 7.57. The van der Waals surface area contributed by atoms with E-state index in [0.29, 0.717) is 18.9 Å². The maximum absolute atomic E-state index is 13.0. The molecule has 0 aliphatic carbocycles. The van der Waals surface area contributed by atoms with Crippen molar-refractivity contribution >= 4 is 27.3 Å². The molecule has 10 heteroatoms. The number of sulfonamides is 1. The van der Waals surface area contributed by atoms with Gasteiger partial charge in [-0.3, -0.25) is 0 Å². The Balaban J connectivity index is 1.43. The van der Waals surface area contributed by atoms with Gasteiger partial charge in [-0.05, 0) is 42.5 Å². The highest BCUT2D eigenvalue weighted by molar-refractivity contribution is 7.89. The van der Waals surface area contributed by atoms with Crippen LogP contribution in [-0.4, -0.2) is 41.9 Å². The molecular weight excluding hydrogens is 426 g/mol. The van der Waals surface area contributed by atoms with E-state index in [2.05, 4.69) is 10.1 Å². The van der Waals surface area contributed by atoms with Gasteiger partial charge in [0, 0.05) is 13.1 Å². The highest BCUT2D eigenvalue weighted by Gasteiger charge is 2.26. The number of nitrogens with zero attached hydrogens (tertiary/aromatic N) is 3. The summed E-state index contributed by atoms with van der Waals surface area (Å²) >= 11 is 1.47. The van der Waals surface area contributed by atoms with Crippen LogP contribution in [0.5, 0.6) is 0 Å². The maximum Gasteiger partial charge on any atom is 0.338 e. The van der Waals surface area contributed by atoms with Crippen LogP contribution in [0, 0.1) is 0 Å². The summed E-state index contributed by atoms with van der Waals surface area (Å²) in [6.07, 6.45) is 3.75. The highest BCUT2D eigenvalue weighted by Crippen LogP contribution is 2.23. The average molecular weight is 448 g/mol. The second-order valence-corrected chi connectivity index (χ2v) is 9.80. The van der Waals surface area contributed by atoms with Crippen molar-refractivity contribution in [2.45, 2.75) is 37.2 Å². The number of esters is 1. The molecule has 0 bridgehead atoms. The number of benzene rings is 1. The first-order valence-corrected chi connectivity index (χ1v) is 12.0. The van der Waals surface area contributed by atoms with Crippen molar-refractivity contribution in [3.05, 3.63) is 53.2 Å². The van der Waals surface area contributed by atoms with Gasteiger partial charge in [0.15, 0.2) is 6.61 Å². The summed E-state index contributed by atoms with van der Waals surface area (Å²) in [4.78, 5) is 17.6. The zero-order valence-electron chi connectivity index (χ0n) is 16.2. The third kappa shape index (κ3) is 4.61. The maximum atomic E-state index is 13.0. The number of hydrogen-bond acceptors (Lipinski definition) is 8. The lowest BCUT2D eigenvalue weighted by molar-refractivity contribution is 0.0429. The number of carbonyl (C=O) groups excluding carboxylic acids is 1. The van der Waals surface area contributed by atoms with Gasteiger partial charge in [0.05, 0.1) is 15.3 Å². The zero-order valence-corrected chi connectivity index (χ0v) is 17.8. The normalized spacial score (nSPS) is 15.6. The van der Waals surface area contributed by atoms with Crippen LogP contribution in [0.3, 0.4) is 0 Å². The van der Waals surface area contributed by atoms with Gasteiger partial charge in [0.1, 0.15) is 0 Å². The van der Waals surface area contributed by atoms with Crippen molar-refractivity contribution in [1.82, 2.24) is 14.4 Å². The van der Waals surface area contributed by atoms with Crippen molar-refractivity contribution in [1.29, 1.82) is 0 Å². The Kier molecular flexibility index (Phi) is 6.26. The summed E-state index contributed by atoms with van der Waals surface area (Å²) in [5.74, 6) is -0.0551. The number of hydrogen-bond donors (Lipinski definition) is 0. The Bertz CT molecular complexity index is 1100. The topological polar surface area (TPSA) is 103 Å². The molecule has 8 nitrogen and oxygen atoms in total. The predicted molar refractivity (Wildman–Crippen MR) is 110 cm³/mol. The van der Waals surface area contributed by atoms with Gasteiger partial charge < -0.3 is 9.26 Å². The average Bonchev–Trinajstić information content (AvgIpc) is 3.38. The molecule has 30 heavy (non-hydrogen) atoms. The largest absolute Gasteiger partial charge is 0.452 e. The van der Waals surface area contributed by atoms with E-state index in [9.17, 15) is 13.2 Å². The van der Waals surface area contributed by atoms with Crippen molar-refractivity contribution in [2.24, 2.45) is 0 Å². The SMILES string of the molecule is O=C(OCc1nc(-c2cccs2)no1)c1cccc(S(=O)(=O)N2CCCCCC2)c1. The Hall–Kier alpha value is -2.56. The van der Waals surface area contributed by atoms with Gasteiger partial charge in [-0.2, -0.15) is 9.29 Å². The van der Waals surface area contributed by atoms with Crippen LogP contribution in [0.25, 0.3) is 10.7 Å². The molecule has 2 aromatic heterocycles. The first-order chi connectivity index (χ1) is 14.5. The fraction of sp³-hybridized carbons (Fsp3) is 0.350. The van der Waals surface area contributed by atoms with E-state index in [1.165, 1.54) is 33.8 Å². The highest BCUT2D eigenvalue weighted by atomic mass is 32.2. The minimum absolute atomic E-state index is 0.0941. The smallest absolute Gasteiger partial charge is 0.338 e. The molecular formula is C20H21N3O5S2. The van der Waals surface area contributed by atoms with Crippen LogP contribution in [-0.2, 0) is 21.4 Å². The molecule has 3 aromatic rings. The summed E-state index contributed by atoms with van der Waals surface area (Å²) in [5.41, 5.74) is 0.156. The predicted octanol–water partition coefficient (Wildman–Crippen LogP) is 3.72. The molecule has 0 spiro atoms. The summed E-state index contributed by atoms with van der Waals surface area (Å²) < 4.78 is 37.7. The second kappa shape index (κ2) is 9.07. The number of thiophene rings is 1. The van der Waals surface area contributed by atoms with Gasteiger partial charge in [-0.25, -0.2) is 13.2 Å². The van der Waals surface area contributed by atoms with Crippen LogP contribution in [0.15, 0.2) is 51.2 Å². The van der Waals surface area contributed by atoms with Gasteiger partial charge >= 0.3 is 5.97 Å². The van der Waals surface area contributed by atoms with Gasteiger partial charge in [0.25, 0.3) is 5.89 Å². The molecule has 0 atom stereocenters. The Morgan fingerprint density at radius 1 is 1.13 bits per heavy atom. The lowest BCUT2D eigenvalue weighted by Crippen LogP contribution is -2.32. The molecule has 1 aromatic carbocycles. The quantitative estimate of drug-likeness (QED) is 0.531. The number of carbonyl (C=O) groups is 1. The molecule has 0 radical (unpaired) electrons. The van der Waals surface area contributed by atoms with E-state index < -0.39 is 16.0 Å². The van der Waals surface area contributed by atoms with E-state index in [-0.39, 0.29) is 23.0 Å². The second-order valence-electron chi connectivity index (χ2n) is 6.91. The van der Waals surface area contributed by atoms with Crippen molar-refractivity contribution in [3.8, 4) is 10.7 Å². The standard InChI is InChI=1S/C20H21N3O5S2/c24-20(27-14-18-21-19(22-28-18)17-9-6-12-29-17)15-7-5-8-16(13-15)30(25,26)23-10-3-1-2-4-11-23/h5-9,12-13H,1-4,10-11,14H2. The van der Waals surface area contributed by atoms with Crippen molar-refractivity contribution in [2.75, 3.05) is 13.1 Å². The van der Waals surface area contributed by atoms with E-state index >= 15 is 0 Å². The van der Waals surface area contributed by atoms with Crippen LogP contribution in [0.4, 0.5) is 0 Å². The van der Waals surface area contributed by atoms with E-state index in [4.69, 9.17) is 9.26 Å². The van der Waals surface area contributed by atoms with Gasteiger partial charge in [-0.1, -0.05) is 30.1 Å². The van der Waals surface area contributed by atoms with E-state index in [1.54, 1.807) is 6.07 Å². The fourth-order valence-electron chi connectivity index (χ4n) is 3.24. The molecule has 1 aliphatic heterocycles. The molecule has 1 fully saturated rings. The number of ether oxygens (including phenoxy) is 1. The van der Waals surface area contributed by atoms with Crippen LogP contribution in [0.2, 0.25) is 0 Å². The zero-order chi connectivity index (χ0) is 21.0. The molecule has 1 saturated heterocycles. The Morgan fingerprint density at radius 3 is 2.67 bits per heavy atom. The fourth-order valence-corrected chi connectivity index (χ4v) is 5.46. The first-order valence-electron chi connectivity index (χ1n) is 9.68. The minimum Gasteiger partial charge on any atom is -0.452 e. The van der Waals surface area contributed by atoms with E-state index in [0.717, 1.165) is 30.6 Å². The third-order valence-electron chi connectivity index (χ3n) is 4.81. The van der Waals surface area contributed by atoms with Gasteiger partial charge in [-0.15, -0.1) is 11.3 Å². The lowest BCUT2D eigenvalue weighted by Gasteiger charge is -2.20. The summed E-state index contributed by atoms with van der Waals surface area (Å²) in [7, 11) is -3.64. The minimum atomic E-state index is -3.64. The summed E-state index contributed by atoms with van der Waals surface area (Å²) in [6, 6.07) is 9.66. The Labute approximate surface area is 178 Å². The monoisotopic (exact) mass is 447 g/mol.